The topological polar surface area (TPSA) is 6.48 Å². The third kappa shape index (κ3) is 8.62. The molecular formula is C55H44N2. The minimum Gasteiger partial charge on any atom is -0.317 e. The number of hydrogen-bond donors (Lipinski definition) is 0. The summed E-state index contributed by atoms with van der Waals surface area (Å²) in [5.74, 6) is 0. The summed E-state index contributed by atoms with van der Waals surface area (Å²) in [5.41, 5.74) is 16.2. The molecule has 2 heteroatoms. The highest BCUT2D eigenvalue weighted by molar-refractivity contribution is 5.81. The summed E-state index contributed by atoms with van der Waals surface area (Å²) in [5, 5.41) is 0. The molecule has 0 unspecified atom stereocenters. The summed E-state index contributed by atoms with van der Waals surface area (Å²) in [7, 11) is 0. The monoisotopic (exact) mass is 732 g/mol. The van der Waals surface area contributed by atoms with Gasteiger partial charge in [-0.25, -0.2) is 0 Å². The zero-order chi connectivity index (χ0) is 38.8. The summed E-state index contributed by atoms with van der Waals surface area (Å²) in [4.78, 5) is 4.53. The summed E-state index contributed by atoms with van der Waals surface area (Å²) < 4.78 is 0. The molecule has 8 aromatic rings. The van der Waals surface area contributed by atoms with Gasteiger partial charge in [-0.15, -0.1) is 0 Å². The van der Waals surface area contributed by atoms with Crippen molar-refractivity contribution in [3.63, 3.8) is 0 Å². The molecule has 274 valence electrons. The van der Waals surface area contributed by atoms with Crippen molar-refractivity contribution >= 4 is 28.4 Å². The van der Waals surface area contributed by atoms with E-state index < -0.39 is 0 Å². The van der Waals surface area contributed by atoms with Crippen LogP contribution < -0.4 is 9.80 Å². The van der Waals surface area contributed by atoms with Gasteiger partial charge in [-0.05, 0) is 118 Å². The van der Waals surface area contributed by atoms with Crippen LogP contribution in [0.5, 0.6) is 0 Å². The van der Waals surface area contributed by atoms with Crippen LogP contribution >= 0.6 is 0 Å². The SMILES string of the molecule is C=C/C=C\C=C\N(c1ccc(-c2ccccc2)cc1)c1cccc(-c2ccc(-c3ccc(-c4cccc(N(c5ccccc5)c5ccc(C)cc5)c4)cc3)cc2)c1. The minimum atomic E-state index is 1.08. The van der Waals surface area contributed by atoms with Crippen LogP contribution in [0.15, 0.2) is 243 Å². The molecule has 8 aromatic carbocycles. The van der Waals surface area contributed by atoms with E-state index in [1.165, 1.54) is 44.5 Å². The van der Waals surface area contributed by atoms with Gasteiger partial charge in [-0.1, -0.05) is 176 Å². The van der Waals surface area contributed by atoms with Crippen LogP contribution in [0.4, 0.5) is 28.4 Å². The van der Waals surface area contributed by atoms with Gasteiger partial charge in [0.15, 0.2) is 0 Å². The first-order chi connectivity index (χ1) is 28.1. The lowest BCUT2D eigenvalue weighted by atomic mass is 9.97. The Balaban J connectivity index is 1.02. The normalized spacial score (nSPS) is 11.2. The van der Waals surface area contributed by atoms with Gasteiger partial charge in [0.05, 0.1) is 0 Å². The van der Waals surface area contributed by atoms with Crippen molar-refractivity contribution < 1.29 is 0 Å². The van der Waals surface area contributed by atoms with Gasteiger partial charge in [0.2, 0.25) is 0 Å². The predicted molar refractivity (Wildman–Crippen MR) is 245 cm³/mol. The first-order valence-electron chi connectivity index (χ1n) is 19.4. The van der Waals surface area contributed by atoms with E-state index >= 15 is 0 Å². The Bertz CT molecular complexity index is 2600. The Hall–Kier alpha value is -7.42. The highest BCUT2D eigenvalue weighted by Gasteiger charge is 2.14. The van der Waals surface area contributed by atoms with E-state index in [1.807, 2.05) is 24.3 Å². The van der Waals surface area contributed by atoms with Crippen LogP contribution in [0.1, 0.15) is 5.56 Å². The van der Waals surface area contributed by atoms with Gasteiger partial charge in [0.1, 0.15) is 0 Å². The van der Waals surface area contributed by atoms with Crippen molar-refractivity contribution in [3.05, 3.63) is 249 Å². The van der Waals surface area contributed by atoms with E-state index in [2.05, 4.69) is 230 Å². The summed E-state index contributed by atoms with van der Waals surface area (Å²) in [6.45, 7) is 5.94. The van der Waals surface area contributed by atoms with Gasteiger partial charge in [0.25, 0.3) is 0 Å². The third-order valence-electron chi connectivity index (χ3n) is 10.2. The fourth-order valence-corrected chi connectivity index (χ4v) is 7.13. The van der Waals surface area contributed by atoms with Crippen molar-refractivity contribution in [3.8, 4) is 44.5 Å². The van der Waals surface area contributed by atoms with Crippen molar-refractivity contribution in [2.45, 2.75) is 6.92 Å². The highest BCUT2D eigenvalue weighted by Crippen LogP contribution is 2.37. The van der Waals surface area contributed by atoms with Crippen LogP contribution in [0.3, 0.4) is 0 Å². The highest BCUT2D eigenvalue weighted by atomic mass is 15.1. The Morgan fingerprint density at radius 3 is 1.30 bits per heavy atom. The number of nitrogens with zero attached hydrogens (tertiary/aromatic N) is 2. The fraction of sp³-hybridized carbons (Fsp3) is 0.0182. The number of aryl methyl sites for hydroxylation is 1. The second kappa shape index (κ2) is 17.4. The van der Waals surface area contributed by atoms with Crippen LogP contribution in [0, 0.1) is 6.92 Å². The number of benzene rings is 8. The lowest BCUT2D eigenvalue weighted by molar-refractivity contribution is 1.27. The molecule has 0 bridgehead atoms. The number of allylic oxidation sites excluding steroid dienone is 4. The molecular weight excluding hydrogens is 689 g/mol. The predicted octanol–water partition coefficient (Wildman–Crippen LogP) is 15.5. The molecule has 0 saturated carbocycles. The zero-order valence-electron chi connectivity index (χ0n) is 32.1. The standard InChI is InChI=1S/C55H44N2/c1-3-4-5-12-39-56(51-37-33-46(34-38-51)43-15-8-6-9-16-43)54-21-13-17-49(40-54)47-29-25-44(26-30-47)45-27-31-48(32-28-45)50-18-14-22-55(41-50)57(52-19-10-7-11-20-52)53-35-23-42(2)24-36-53/h3-41H,1H2,2H3/b5-4-,39-12+. The van der Waals surface area contributed by atoms with Crippen molar-refractivity contribution in [1.29, 1.82) is 0 Å². The number of hydrogen-bond acceptors (Lipinski definition) is 2. The minimum absolute atomic E-state index is 1.08. The van der Waals surface area contributed by atoms with Crippen LogP contribution in [-0.4, -0.2) is 0 Å². The first kappa shape index (κ1) is 36.6. The summed E-state index contributed by atoms with van der Waals surface area (Å²) >= 11 is 0. The van der Waals surface area contributed by atoms with E-state index in [0.29, 0.717) is 0 Å². The second-order valence-electron chi connectivity index (χ2n) is 14.0. The second-order valence-corrected chi connectivity index (χ2v) is 14.0. The molecule has 2 nitrogen and oxygen atoms in total. The van der Waals surface area contributed by atoms with Gasteiger partial charge in [-0.2, -0.15) is 0 Å². The third-order valence-corrected chi connectivity index (χ3v) is 10.2. The van der Waals surface area contributed by atoms with Gasteiger partial charge in [-0.3, -0.25) is 0 Å². The van der Waals surface area contributed by atoms with Crippen LogP contribution in [0.25, 0.3) is 44.5 Å². The summed E-state index contributed by atoms with van der Waals surface area (Å²) in [6, 6.07) is 73.8. The van der Waals surface area contributed by atoms with Crippen LogP contribution in [-0.2, 0) is 0 Å². The van der Waals surface area contributed by atoms with E-state index in [1.54, 1.807) is 6.08 Å². The average molecular weight is 733 g/mol. The Labute approximate surface area is 337 Å². The Morgan fingerprint density at radius 1 is 0.333 bits per heavy atom. The molecule has 0 heterocycles. The molecule has 0 aromatic heterocycles. The fourth-order valence-electron chi connectivity index (χ4n) is 7.13. The molecule has 0 aliphatic rings. The average Bonchev–Trinajstić information content (AvgIpc) is 3.28. The van der Waals surface area contributed by atoms with Crippen molar-refractivity contribution in [1.82, 2.24) is 0 Å². The van der Waals surface area contributed by atoms with Gasteiger partial charge in [0, 0.05) is 34.6 Å². The molecule has 0 aliphatic carbocycles. The van der Waals surface area contributed by atoms with E-state index in [9.17, 15) is 0 Å². The maximum atomic E-state index is 3.81. The largest absolute Gasteiger partial charge is 0.317 e. The van der Waals surface area contributed by atoms with Crippen LogP contribution in [0.2, 0.25) is 0 Å². The Kier molecular flexibility index (Phi) is 11.1. The maximum Gasteiger partial charge on any atom is 0.0467 e. The quantitative estimate of drug-likeness (QED) is 0.115. The van der Waals surface area contributed by atoms with E-state index in [4.69, 9.17) is 0 Å². The van der Waals surface area contributed by atoms with E-state index in [-0.39, 0.29) is 0 Å². The van der Waals surface area contributed by atoms with Gasteiger partial charge < -0.3 is 9.80 Å². The molecule has 8 rings (SSSR count). The smallest absolute Gasteiger partial charge is 0.0467 e. The van der Waals surface area contributed by atoms with Crippen molar-refractivity contribution in [2.75, 3.05) is 9.80 Å². The molecule has 0 radical (unpaired) electrons. The lowest BCUT2D eigenvalue weighted by Crippen LogP contribution is -2.09. The summed E-state index contributed by atoms with van der Waals surface area (Å²) in [6.07, 6.45) is 9.86. The molecule has 0 atom stereocenters. The number of para-hydroxylation sites is 1. The molecule has 0 fully saturated rings. The first-order valence-corrected chi connectivity index (χ1v) is 19.4. The number of rotatable bonds is 12. The molecule has 57 heavy (non-hydrogen) atoms. The zero-order valence-corrected chi connectivity index (χ0v) is 32.1. The van der Waals surface area contributed by atoms with E-state index in [0.717, 1.165) is 34.0 Å². The molecule has 0 amide bonds. The molecule has 0 aliphatic heterocycles. The molecule has 0 spiro atoms. The van der Waals surface area contributed by atoms with Gasteiger partial charge >= 0.3 is 0 Å². The Morgan fingerprint density at radius 2 is 0.737 bits per heavy atom. The molecule has 0 saturated heterocycles. The maximum absolute atomic E-state index is 3.81. The van der Waals surface area contributed by atoms with Crippen molar-refractivity contribution in [2.24, 2.45) is 0 Å². The molecule has 0 N–H and O–H groups in total. The number of anilines is 5. The lowest BCUT2D eigenvalue weighted by Gasteiger charge is -2.26.